The number of fused-ring (bicyclic) bond motifs is 1. The normalized spacial score (nSPS) is 17.3. The van der Waals surface area contributed by atoms with Crippen LogP contribution in [0.25, 0.3) is 6.08 Å². The molecule has 1 N–H and O–H groups in total. The average molecular weight is 415 g/mol. The number of ether oxygens (including phenoxy) is 2. The molecule has 0 spiro atoms. The van der Waals surface area contributed by atoms with Gasteiger partial charge in [0.1, 0.15) is 16.5 Å². The molecule has 2 aliphatic heterocycles. The van der Waals surface area contributed by atoms with Crippen molar-refractivity contribution in [2.45, 2.75) is 45.4 Å². The Morgan fingerprint density at radius 2 is 1.97 bits per heavy atom. The van der Waals surface area contributed by atoms with Crippen LogP contribution in [0.5, 0.6) is 11.5 Å². The monoisotopic (exact) mass is 414 g/mol. The highest BCUT2D eigenvalue weighted by Crippen LogP contribution is 2.32. The van der Waals surface area contributed by atoms with E-state index in [1.807, 2.05) is 0 Å². The van der Waals surface area contributed by atoms with Gasteiger partial charge in [0.2, 0.25) is 5.17 Å². The van der Waals surface area contributed by atoms with Crippen LogP contribution in [0.3, 0.4) is 0 Å². The molecule has 8 heteroatoms. The first kappa shape index (κ1) is 21.1. The Morgan fingerprint density at radius 3 is 2.69 bits per heavy atom. The molecule has 0 fully saturated rings. The van der Waals surface area contributed by atoms with E-state index in [4.69, 9.17) is 14.9 Å². The first-order valence-electron chi connectivity index (χ1n) is 9.78. The van der Waals surface area contributed by atoms with Gasteiger partial charge >= 0.3 is 0 Å². The standard InChI is InChI=1S/C21H26N4O3S/c1-4-5-6-7-8-9-18-24-25-19(22)16(20(26)23-21(25)29-18)13-14-12-15(27-2)10-11-17(14)28-3/h10-13,22H,4-9H2,1-3H3/b16-13-,22-19?. The Bertz CT molecular complexity index is 892. The summed E-state index contributed by atoms with van der Waals surface area (Å²) in [6, 6.07) is 5.30. The molecule has 0 saturated heterocycles. The number of hydrogen-bond donors (Lipinski definition) is 1. The summed E-state index contributed by atoms with van der Waals surface area (Å²) in [7, 11) is 3.13. The Morgan fingerprint density at radius 1 is 1.17 bits per heavy atom. The zero-order chi connectivity index (χ0) is 20.8. The summed E-state index contributed by atoms with van der Waals surface area (Å²) in [6.07, 6.45) is 8.35. The van der Waals surface area contributed by atoms with Gasteiger partial charge in [-0.1, -0.05) is 32.6 Å². The molecule has 1 aromatic carbocycles. The summed E-state index contributed by atoms with van der Waals surface area (Å²) in [5, 5.41) is 15.8. The molecule has 0 bridgehead atoms. The molecule has 2 heterocycles. The van der Waals surface area contributed by atoms with E-state index in [0.29, 0.717) is 22.2 Å². The van der Waals surface area contributed by atoms with Gasteiger partial charge in [0, 0.05) is 5.56 Å². The molecule has 29 heavy (non-hydrogen) atoms. The molecule has 0 atom stereocenters. The summed E-state index contributed by atoms with van der Waals surface area (Å²) in [6.45, 7) is 2.20. The second kappa shape index (κ2) is 9.73. The van der Waals surface area contributed by atoms with Gasteiger partial charge in [-0.15, -0.1) is 0 Å². The minimum Gasteiger partial charge on any atom is -0.497 e. The van der Waals surface area contributed by atoms with Crippen LogP contribution in [0.4, 0.5) is 0 Å². The number of unbranched alkanes of at least 4 members (excludes halogenated alkanes) is 4. The molecule has 3 rings (SSSR count). The summed E-state index contributed by atoms with van der Waals surface area (Å²) < 4.78 is 10.6. The van der Waals surface area contributed by atoms with Crippen molar-refractivity contribution in [1.29, 1.82) is 5.41 Å². The van der Waals surface area contributed by atoms with Gasteiger partial charge < -0.3 is 9.47 Å². The maximum absolute atomic E-state index is 12.6. The van der Waals surface area contributed by atoms with Gasteiger partial charge in [-0.05, 0) is 48.9 Å². The number of hydrogen-bond acceptors (Lipinski definition) is 6. The van der Waals surface area contributed by atoms with Crippen LogP contribution in [0, 0.1) is 5.41 Å². The first-order chi connectivity index (χ1) is 14.1. The van der Waals surface area contributed by atoms with E-state index in [0.717, 1.165) is 24.3 Å². The lowest BCUT2D eigenvalue weighted by Gasteiger charge is -2.20. The van der Waals surface area contributed by atoms with Crippen LogP contribution in [-0.2, 0) is 4.79 Å². The van der Waals surface area contributed by atoms with E-state index >= 15 is 0 Å². The zero-order valence-corrected chi connectivity index (χ0v) is 17.8. The van der Waals surface area contributed by atoms with Crippen molar-refractivity contribution in [2.24, 2.45) is 10.1 Å². The van der Waals surface area contributed by atoms with Gasteiger partial charge in [0.25, 0.3) is 5.91 Å². The minimum absolute atomic E-state index is 0.0263. The van der Waals surface area contributed by atoms with Crippen LogP contribution in [-0.4, -0.2) is 41.2 Å². The number of carbonyl (C=O) groups is 1. The van der Waals surface area contributed by atoms with Crippen molar-refractivity contribution in [3.05, 3.63) is 29.3 Å². The highest BCUT2D eigenvalue weighted by Gasteiger charge is 2.35. The van der Waals surface area contributed by atoms with Crippen molar-refractivity contribution >= 4 is 39.8 Å². The molecule has 0 aliphatic carbocycles. The molecule has 0 aromatic heterocycles. The lowest BCUT2D eigenvalue weighted by molar-refractivity contribution is -0.114. The molecule has 1 amide bonds. The number of hydrazone groups is 1. The van der Waals surface area contributed by atoms with Gasteiger partial charge in [0.15, 0.2) is 5.84 Å². The molecule has 2 aliphatic rings. The number of nitrogens with zero attached hydrogens (tertiary/aromatic N) is 3. The number of nitrogens with one attached hydrogen (secondary N) is 1. The lowest BCUT2D eigenvalue weighted by atomic mass is 10.1. The van der Waals surface area contributed by atoms with Crippen LogP contribution in [0.2, 0.25) is 0 Å². The van der Waals surface area contributed by atoms with E-state index in [9.17, 15) is 4.79 Å². The SMILES string of the molecule is CCCCCCCC1=NN2C(=N)/C(=C/c3cc(OC)ccc3OC)C(=O)N=C2S1. The van der Waals surface area contributed by atoms with E-state index < -0.39 is 5.91 Å². The predicted molar refractivity (Wildman–Crippen MR) is 118 cm³/mol. The number of methoxy groups -OCH3 is 2. The number of amidine groups is 2. The fourth-order valence-electron chi connectivity index (χ4n) is 3.12. The summed E-state index contributed by atoms with van der Waals surface area (Å²) >= 11 is 1.38. The molecule has 0 unspecified atom stereocenters. The van der Waals surface area contributed by atoms with Crippen molar-refractivity contribution in [3.8, 4) is 11.5 Å². The number of rotatable bonds is 9. The topological polar surface area (TPSA) is 87.3 Å². The van der Waals surface area contributed by atoms with Crippen molar-refractivity contribution in [3.63, 3.8) is 0 Å². The van der Waals surface area contributed by atoms with Crippen LogP contribution >= 0.6 is 11.8 Å². The molecule has 7 nitrogen and oxygen atoms in total. The van der Waals surface area contributed by atoms with Crippen LogP contribution in [0.1, 0.15) is 51.0 Å². The Labute approximate surface area is 175 Å². The number of benzene rings is 1. The van der Waals surface area contributed by atoms with Gasteiger partial charge in [-0.3, -0.25) is 10.2 Å². The Balaban J connectivity index is 1.79. The van der Waals surface area contributed by atoms with Crippen molar-refractivity contribution < 1.29 is 14.3 Å². The highest BCUT2D eigenvalue weighted by molar-refractivity contribution is 8.26. The number of amides is 1. The molecule has 0 saturated carbocycles. The summed E-state index contributed by atoms with van der Waals surface area (Å²) in [5.41, 5.74) is 0.819. The molecule has 1 aromatic rings. The molecular formula is C21H26N4O3S. The molecule has 154 valence electrons. The van der Waals surface area contributed by atoms with Gasteiger partial charge in [-0.2, -0.15) is 15.1 Å². The third-order valence-electron chi connectivity index (χ3n) is 4.73. The van der Waals surface area contributed by atoms with E-state index in [1.54, 1.807) is 38.5 Å². The van der Waals surface area contributed by atoms with E-state index in [2.05, 4.69) is 17.0 Å². The second-order valence-corrected chi connectivity index (χ2v) is 7.83. The van der Waals surface area contributed by atoms with Crippen molar-refractivity contribution in [2.75, 3.05) is 14.2 Å². The van der Waals surface area contributed by atoms with Gasteiger partial charge in [0.05, 0.1) is 19.8 Å². The molecular weight excluding hydrogens is 388 g/mol. The number of thioether (sulfide) groups is 1. The predicted octanol–water partition coefficient (Wildman–Crippen LogP) is 4.68. The van der Waals surface area contributed by atoms with Crippen molar-refractivity contribution in [1.82, 2.24) is 5.01 Å². The quantitative estimate of drug-likeness (QED) is 0.468. The summed E-state index contributed by atoms with van der Waals surface area (Å²) in [4.78, 5) is 16.7. The average Bonchev–Trinajstić information content (AvgIpc) is 3.13. The maximum atomic E-state index is 12.6. The number of aliphatic imine (C=N–C) groups is 1. The lowest BCUT2D eigenvalue weighted by Crippen LogP contribution is -2.35. The second-order valence-electron chi connectivity index (χ2n) is 6.79. The Hall–Kier alpha value is -2.61. The third-order valence-corrected chi connectivity index (χ3v) is 5.70. The highest BCUT2D eigenvalue weighted by atomic mass is 32.2. The maximum Gasteiger partial charge on any atom is 0.283 e. The third kappa shape index (κ3) is 4.87. The van der Waals surface area contributed by atoms with Crippen LogP contribution < -0.4 is 9.47 Å². The smallest absolute Gasteiger partial charge is 0.283 e. The van der Waals surface area contributed by atoms with E-state index in [-0.39, 0.29) is 11.4 Å². The fraction of sp³-hybridized carbons (Fsp3) is 0.429. The van der Waals surface area contributed by atoms with Crippen LogP contribution in [0.15, 0.2) is 33.9 Å². The minimum atomic E-state index is -0.446. The Kier molecular flexibility index (Phi) is 7.09. The fourth-order valence-corrected chi connectivity index (χ4v) is 4.05. The van der Waals surface area contributed by atoms with Gasteiger partial charge in [-0.25, -0.2) is 0 Å². The van der Waals surface area contributed by atoms with E-state index in [1.165, 1.54) is 36.0 Å². The number of carbonyl (C=O) groups excluding carboxylic acids is 1. The largest absolute Gasteiger partial charge is 0.497 e. The summed E-state index contributed by atoms with van der Waals surface area (Å²) in [5.74, 6) is 0.800. The first-order valence-corrected chi connectivity index (χ1v) is 10.6. The molecule has 0 radical (unpaired) electrons. The zero-order valence-electron chi connectivity index (χ0n) is 17.0.